The Morgan fingerprint density at radius 3 is 2.93 bits per heavy atom. The van der Waals surface area contributed by atoms with Gasteiger partial charge in [-0.05, 0) is 31.1 Å². The third-order valence-electron chi connectivity index (χ3n) is 4.44. The molecule has 4 N–H and O–H groups in total. The van der Waals surface area contributed by atoms with Gasteiger partial charge in [0.1, 0.15) is 5.82 Å². The van der Waals surface area contributed by atoms with Crippen LogP contribution in [-0.2, 0) is 0 Å². The molecule has 2 aromatic rings. The number of allylic oxidation sites excluding steroid dienone is 4. The lowest BCUT2D eigenvalue weighted by Crippen LogP contribution is -2.33. The van der Waals surface area contributed by atoms with Gasteiger partial charge in [-0.1, -0.05) is 48.0 Å². The molecular formula is C21H22ClN5O. The molecule has 0 bridgehead atoms. The lowest BCUT2D eigenvalue weighted by atomic mass is 10.1. The van der Waals surface area contributed by atoms with Crippen LogP contribution in [0.2, 0.25) is 5.02 Å². The second kappa shape index (κ2) is 8.71. The standard InChI is InChI=1S/C21H22ClN5O/c1-13(14-7-5-3-4-6-8-14)26-20(28)15-9-10-16-17(11-15)19(25-12-18(16)22)27-21(23)24-2/h3,5-13H,4H2,1-2H3,(H,26,28)(H3,23,24,25,27). The summed E-state index contributed by atoms with van der Waals surface area (Å²) in [7, 11) is 1.58. The summed E-state index contributed by atoms with van der Waals surface area (Å²) in [6.45, 7) is 1.96. The third-order valence-corrected chi connectivity index (χ3v) is 4.74. The van der Waals surface area contributed by atoms with Gasteiger partial charge in [-0.15, -0.1) is 0 Å². The number of amides is 1. The first-order chi connectivity index (χ1) is 13.5. The summed E-state index contributed by atoms with van der Waals surface area (Å²) in [6.07, 6.45) is 12.6. The van der Waals surface area contributed by atoms with E-state index in [0.29, 0.717) is 21.8 Å². The van der Waals surface area contributed by atoms with Crippen LogP contribution in [0.4, 0.5) is 5.82 Å². The zero-order valence-corrected chi connectivity index (χ0v) is 16.5. The molecule has 1 aromatic heterocycles. The molecule has 0 radical (unpaired) electrons. The Morgan fingerprint density at radius 1 is 1.32 bits per heavy atom. The van der Waals surface area contributed by atoms with E-state index in [9.17, 15) is 4.79 Å². The van der Waals surface area contributed by atoms with E-state index in [1.54, 1.807) is 25.2 Å². The van der Waals surface area contributed by atoms with Gasteiger partial charge in [0.15, 0.2) is 5.96 Å². The number of rotatable bonds is 4. The van der Waals surface area contributed by atoms with Crippen molar-refractivity contribution in [3.8, 4) is 0 Å². The number of benzene rings is 1. The maximum absolute atomic E-state index is 12.8. The second-order valence-electron chi connectivity index (χ2n) is 6.38. The summed E-state index contributed by atoms with van der Waals surface area (Å²) >= 11 is 6.26. The Labute approximate surface area is 168 Å². The number of hydrogen-bond acceptors (Lipinski definition) is 3. The van der Waals surface area contributed by atoms with E-state index >= 15 is 0 Å². The number of carbonyl (C=O) groups excluding carboxylic acids is 1. The predicted molar refractivity (Wildman–Crippen MR) is 116 cm³/mol. The lowest BCUT2D eigenvalue weighted by Gasteiger charge is -2.16. The summed E-state index contributed by atoms with van der Waals surface area (Å²) in [5, 5.41) is 7.91. The van der Waals surface area contributed by atoms with E-state index in [1.165, 1.54) is 6.20 Å². The molecule has 1 heterocycles. The maximum Gasteiger partial charge on any atom is 0.251 e. The number of pyridine rings is 1. The summed E-state index contributed by atoms with van der Waals surface area (Å²) in [5.41, 5.74) is 7.31. The highest BCUT2D eigenvalue weighted by atomic mass is 35.5. The van der Waals surface area contributed by atoms with Gasteiger partial charge in [-0.3, -0.25) is 9.79 Å². The zero-order valence-electron chi connectivity index (χ0n) is 15.7. The minimum absolute atomic E-state index is 0.125. The fraction of sp³-hybridized carbons (Fsp3) is 0.190. The smallest absolute Gasteiger partial charge is 0.251 e. The monoisotopic (exact) mass is 395 g/mol. The van der Waals surface area contributed by atoms with E-state index < -0.39 is 0 Å². The summed E-state index contributed by atoms with van der Waals surface area (Å²) in [6, 6.07) is 5.17. The molecule has 0 aliphatic heterocycles. The van der Waals surface area contributed by atoms with Crippen LogP contribution in [0.15, 0.2) is 65.3 Å². The van der Waals surface area contributed by atoms with Crippen LogP contribution in [0.25, 0.3) is 10.8 Å². The van der Waals surface area contributed by atoms with Crippen molar-refractivity contribution in [2.45, 2.75) is 19.4 Å². The van der Waals surface area contributed by atoms with E-state index in [2.05, 4.69) is 32.8 Å². The highest BCUT2D eigenvalue weighted by Crippen LogP contribution is 2.29. The third kappa shape index (κ3) is 4.40. The lowest BCUT2D eigenvalue weighted by molar-refractivity contribution is 0.0946. The fourth-order valence-electron chi connectivity index (χ4n) is 2.87. The minimum atomic E-state index is -0.181. The van der Waals surface area contributed by atoms with E-state index in [-0.39, 0.29) is 17.9 Å². The van der Waals surface area contributed by atoms with Crippen molar-refractivity contribution in [3.63, 3.8) is 0 Å². The predicted octanol–water partition coefficient (Wildman–Crippen LogP) is 3.81. The Hall–Kier alpha value is -3.12. The van der Waals surface area contributed by atoms with Crippen molar-refractivity contribution in [2.75, 3.05) is 12.4 Å². The Morgan fingerprint density at radius 2 is 2.14 bits per heavy atom. The van der Waals surface area contributed by atoms with Crippen LogP contribution >= 0.6 is 11.6 Å². The number of aromatic nitrogens is 1. The van der Waals surface area contributed by atoms with Gasteiger partial charge in [0, 0.05) is 29.6 Å². The van der Waals surface area contributed by atoms with Gasteiger partial charge in [0.25, 0.3) is 5.91 Å². The first-order valence-corrected chi connectivity index (χ1v) is 9.29. The molecule has 28 heavy (non-hydrogen) atoms. The molecule has 7 heteroatoms. The van der Waals surface area contributed by atoms with Gasteiger partial charge in [-0.25, -0.2) is 4.98 Å². The van der Waals surface area contributed by atoms with Crippen molar-refractivity contribution >= 4 is 40.1 Å². The van der Waals surface area contributed by atoms with Gasteiger partial charge in [0.2, 0.25) is 0 Å². The molecule has 1 unspecified atom stereocenters. The van der Waals surface area contributed by atoms with E-state index in [4.69, 9.17) is 17.3 Å². The number of nitrogens with one attached hydrogen (secondary N) is 2. The Balaban J connectivity index is 1.90. The van der Waals surface area contributed by atoms with Crippen LogP contribution in [0.5, 0.6) is 0 Å². The summed E-state index contributed by atoms with van der Waals surface area (Å²) in [4.78, 5) is 21.0. The van der Waals surface area contributed by atoms with Crippen molar-refractivity contribution in [2.24, 2.45) is 10.7 Å². The average Bonchev–Trinajstić information content (AvgIpc) is 2.99. The van der Waals surface area contributed by atoms with Crippen molar-refractivity contribution in [1.29, 1.82) is 0 Å². The summed E-state index contributed by atoms with van der Waals surface area (Å²) < 4.78 is 0. The minimum Gasteiger partial charge on any atom is -0.370 e. The second-order valence-corrected chi connectivity index (χ2v) is 6.78. The molecule has 1 amide bonds. The molecule has 6 nitrogen and oxygen atoms in total. The number of hydrogen-bond donors (Lipinski definition) is 3. The molecule has 144 valence electrons. The van der Waals surface area contributed by atoms with Crippen molar-refractivity contribution in [1.82, 2.24) is 10.3 Å². The Kier molecular flexibility index (Phi) is 6.11. The van der Waals surface area contributed by atoms with Gasteiger partial charge >= 0.3 is 0 Å². The number of fused-ring (bicyclic) bond motifs is 1. The number of anilines is 1. The SMILES string of the molecule is CN=C(N)Nc1ncc(Cl)c2ccc(C(=O)NC(C)C3=CC=CCC=C3)cc12. The molecule has 0 fully saturated rings. The maximum atomic E-state index is 12.8. The molecule has 0 saturated carbocycles. The van der Waals surface area contributed by atoms with Gasteiger partial charge < -0.3 is 16.4 Å². The zero-order chi connectivity index (χ0) is 20.1. The number of aliphatic imine (C=N–C) groups is 1. The molecular weight excluding hydrogens is 374 g/mol. The number of halogens is 1. The van der Waals surface area contributed by atoms with E-state index in [1.807, 2.05) is 25.2 Å². The van der Waals surface area contributed by atoms with Crippen molar-refractivity contribution in [3.05, 3.63) is 70.9 Å². The molecule has 0 spiro atoms. The molecule has 1 atom stereocenters. The number of nitrogens with zero attached hydrogens (tertiary/aromatic N) is 2. The number of nitrogens with two attached hydrogens (primary N) is 1. The first kappa shape index (κ1) is 19.6. The van der Waals surface area contributed by atoms with Crippen LogP contribution in [0.1, 0.15) is 23.7 Å². The molecule has 1 aliphatic rings. The molecule has 0 saturated heterocycles. The molecule has 1 aromatic carbocycles. The number of carbonyl (C=O) groups is 1. The first-order valence-electron chi connectivity index (χ1n) is 8.91. The molecule has 1 aliphatic carbocycles. The highest BCUT2D eigenvalue weighted by molar-refractivity contribution is 6.36. The quantitative estimate of drug-likeness (QED) is 0.542. The molecule has 3 rings (SSSR count). The fourth-order valence-corrected chi connectivity index (χ4v) is 3.09. The van der Waals surface area contributed by atoms with Crippen LogP contribution in [0.3, 0.4) is 0 Å². The van der Waals surface area contributed by atoms with Crippen LogP contribution in [-0.4, -0.2) is 29.9 Å². The van der Waals surface area contributed by atoms with Crippen LogP contribution in [0, 0.1) is 0 Å². The largest absolute Gasteiger partial charge is 0.370 e. The van der Waals surface area contributed by atoms with Gasteiger partial charge in [0.05, 0.1) is 11.1 Å². The summed E-state index contributed by atoms with van der Waals surface area (Å²) in [5.74, 6) is 0.532. The van der Waals surface area contributed by atoms with Gasteiger partial charge in [-0.2, -0.15) is 0 Å². The Bertz CT molecular complexity index is 1020. The van der Waals surface area contributed by atoms with E-state index in [0.717, 1.165) is 17.4 Å². The number of guanidine groups is 1. The average molecular weight is 396 g/mol. The normalized spacial score (nSPS) is 15.1. The highest BCUT2D eigenvalue weighted by Gasteiger charge is 2.15. The van der Waals surface area contributed by atoms with Crippen LogP contribution < -0.4 is 16.4 Å². The topological polar surface area (TPSA) is 92.4 Å². The van der Waals surface area contributed by atoms with Crippen molar-refractivity contribution < 1.29 is 4.79 Å².